The van der Waals surface area contributed by atoms with Crippen LogP contribution in [0.1, 0.15) is 16.1 Å². The number of rotatable bonds is 5. The van der Waals surface area contributed by atoms with E-state index in [0.717, 1.165) is 21.7 Å². The van der Waals surface area contributed by atoms with Gasteiger partial charge in [-0.2, -0.15) is 0 Å². The summed E-state index contributed by atoms with van der Waals surface area (Å²) in [7, 11) is 1.61. The van der Waals surface area contributed by atoms with Crippen LogP contribution in [-0.2, 0) is 26.5 Å². The van der Waals surface area contributed by atoms with Crippen LogP contribution in [0, 0.1) is 0 Å². The van der Waals surface area contributed by atoms with Crippen molar-refractivity contribution >= 4 is 17.3 Å². The lowest BCUT2D eigenvalue weighted by atomic mass is 10.0. The van der Waals surface area contributed by atoms with Crippen LogP contribution in [0.25, 0.3) is 10.4 Å². The minimum absolute atomic E-state index is 0.0699. The summed E-state index contributed by atoms with van der Waals surface area (Å²) in [5.74, 6) is 0.237. The molecule has 0 saturated carbocycles. The van der Waals surface area contributed by atoms with Crippen LogP contribution in [0.15, 0.2) is 47.3 Å². The highest BCUT2D eigenvalue weighted by molar-refractivity contribution is 7.15. The maximum atomic E-state index is 11.8. The van der Waals surface area contributed by atoms with E-state index in [2.05, 4.69) is 23.2 Å². The van der Waals surface area contributed by atoms with E-state index >= 15 is 0 Å². The van der Waals surface area contributed by atoms with Gasteiger partial charge in [-0.15, -0.1) is 11.3 Å². The third-order valence-corrected chi connectivity index (χ3v) is 5.04. The molecule has 124 valence electrons. The van der Waals surface area contributed by atoms with Gasteiger partial charge in [0.05, 0.1) is 12.3 Å². The summed E-state index contributed by atoms with van der Waals surface area (Å²) < 4.78 is 1.33. The Hall–Kier alpha value is -2.44. The summed E-state index contributed by atoms with van der Waals surface area (Å²) >= 11 is 1.59. The van der Waals surface area contributed by atoms with Crippen LogP contribution in [0.5, 0.6) is 0 Å². The SMILES string of the molecule is Cn1c(N)nc(CCc2cccc(-c3ccc(CO)s3)c2)cc1=O. The molecule has 0 bridgehead atoms. The molecule has 0 amide bonds. The van der Waals surface area contributed by atoms with E-state index in [1.165, 1.54) is 16.2 Å². The largest absolute Gasteiger partial charge is 0.391 e. The maximum Gasteiger partial charge on any atom is 0.254 e. The predicted molar refractivity (Wildman–Crippen MR) is 97.0 cm³/mol. The number of aliphatic hydroxyl groups excluding tert-OH is 1. The highest BCUT2D eigenvalue weighted by Gasteiger charge is 2.06. The second kappa shape index (κ2) is 6.98. The first-order valence-corrected chi connectivity index (χ1v) is 8.50. The predicted octanol–water partition coefficient (Wildman–Crippen LogP) is 2.37. The fourth-order valence-electron chi connectivity index (χ4n) is 2.51. The quantitative estimate of drug-likeness (QED) is 0.746. The molecule has 2 aromatic heterocycles. The van der Waals surface area contributed by atoms with Crippen molar-refractivity contribution in [2.45, 2.75) is 19.4 Å². The van der Waals surface area contributed by atoms with E-state index in [1.807, 2.05) is 18.2 Å². The fourth-order valence-corrected chi connectivity index (χ4v) is 3.37. The monoisotopic (exact) mass is 341 g/mol. The van der Waals surface area contributed by atoms with Crippen molar-refractivity contribution in [3.8, 4) is 10.4 Å². The van der Waals surface area contributed by atoms with Gasteiger partial charge in [0, 0.05) is 22.9 Å². The smallest absolute Gasteiger partial charge is 0.254 e. The van der Waals surface area contributed by atoms with Gasteiger partial charge in [0.2, 0.25) is 5.95 Å². The van der Waals surface area contributed by atoms with Crippen molar-refractivity contribution in [3.63, 3.8) is 0 Å². The number of nitrogens with two attached hydrogens (primary N) is 1. The molecule has 0 saturated heterocycles. The molecule has 0 aliphatic rings. The first-order chi connectivity index (χ1) is 11.6. The molecule has 0 fully saturated rings. The van der Waals surface area contributed by atoms with Crippen molar-refractivity contribution in [2.75, 3.05) is 5.73 Å². The molecule has 3 N–H and O–H groups in total. The Morgan fingerprint density at radius 3 is 2.75 bits per heavy atom. The van der Waals surface area contributed by atoms with Crippen molar-refractivity contribution in [1.29, 1.82) is 0 Å². The molecule has 1 aromatic carbocycles. The number of thiophene rings is 1. The third-order valence-electron chi connectivity index (χ3n) is 3.92. The Morgan fingerprint density at radius 2 is 2.04 bits per heavy atom. The average molecular weight is 341 g/mol. The second-order valence-corrected chi connectivity index (χ2v) is 6.80. The van der Waals surface area contributed by atoms with Crippen LogP contribution in [0.3, 0.4) is 0 Å². The van der Waals surface area contributed by atoms with Crippen molar-refractivity contribution < 1.29 is 5.11 Å². The van der Waals surface area contributed by atoms with E-state index in [0.29, 0.717) is 12.1 Å². The van der Waals surface area contributed by atoms with Gasteiger partial charge in [0.1, 0.15) is 0 Å². The van der Waals surface area contributed by atoms with E-state index < -0.39 is 0 Å². The lowest BCUT2D eigenvalue weighted by Crippen LogP contribution is -2.21. The van der Waals surface area contributed by atoms with Gasteiger partial charge in [-0.3, -0.25) is 9.36 Å². The van der Waals surface area contributed by atoms with Crippen LogP contribution in [0.4, 0.5) is 5.95 Å². The number of aryl methyl sites for hydroxylation is 2. The van der Waals surface area contributed by atoms with E-state index in [1.54, 1.807) is 18.4 Å². The molecule has 2 heterocycles. The summed E-state index contributed by atoms with van der Waals surface area (Å²) in [6.07, 6.45) is 1.45. The van der Waals surface area contributed by atoms with E-state index in [4.69, 9.17) is 5.73 Å². The minimum atomic E-state index is -0.138. The molecule has 0 unspecified atom stereocenters. The summed E-state index contributed by atoms with van der Waals surface area (Å²) in [5.41, 5.74) is 8.62. The normalized spacial score (nSPS) is 10.9. The van der Waals surface area contributed by atoms with Crippen LogP contribution in [-0.4, -0.2) is 14.7 Å². The van der Waals surface area contributed by atoms with Gasteiger partial charge >= 0.3 is 0 Å². The average Bonchev–Trinajstić information content (AvgIpc) is 3.07. The molecular formula is C18H19N3O2S. The molecule has 3 aromatic rings. The fraction of sp³-hybridized carbons (Fsp3) is 0.222. The van der Waals surface area contributed by atoms with Gasteiger partial charge in [0.25, 0.3) is 5.56 Å². The number of aromatic nitrogens is 2. The molecule has 0 atom stereocenters. The molecule has 0 spiro atoms. The first-order valence-electron chi connectivity index (χ1n) is 7.68. The van der Waals surface area contributed by atoms with Gasteiger partial charge in [0.15, 0.2) is 0 Å². The first kappa shape index (κ1) is 16.4. The van der Waals surface area contributed by atoms with Crippen LogP contribution >= 0.6 is 11.3 Å². The number of anilines is 1. The number of aliphatic hydroxyl groups is 1. The van der Waals surface area contributed by atoms with Gasteiger partial charge in [-0.1, -0.05) is 24.3 Å². The molecule has 6 heteroatoms. The topological polar surface area (TPSA) is 81.1 Å². The van der Waals surface area contributed by atoms with Gasteiger partial charge < -0.3 is 10.8 Å². The lowest BCUT2D eigenvalue weighted by molar-refractivity contribution is 0.285. The van der Waals surface area contributed by atoms with Gasteiger partial charge in [-0.05, 0) is 36.1 Å². The van der Waals surface area contributed by atoms with E-state index in [-0.39, 0.29) is 18.1 Å². The number of hydrogen-bond acceptors (Lipinski definition) is 5. The molecule has 3 rings (SSSR count). The van der Waals surface area contributed by atoms with Gasteiger partial charge in [-0.25, -0.2) is 4.98 Å². The van der Waals surface area contributed by atoms with Crippen molar-refractivity contribution in [2.24, 2.45) is 7.05 Å². The Bertz CT molecular complexity index is 915. The number of hydrogen-bond donors (Lipinski definition) is 2. The molecule has 0 aliphatic carbocycles. The van der Waals surface area contributed by atoms with Crippen LogP contribution < -0.4 is 11.3 Å². The Morgan fingerprint density at radius 1 is 1.21 bits per heavy atom. The lowest BCUT2D eigenvalue weighted by Gasteiger charge is -2.06. The number of benzene rings is 1. The molecule has 24 heavy (non-hydrogen) atoms. The summed E-state index contributed by atoms with van der Waals surface area (Å²) in [6.45, 7) is 0.0699. The molecular weight excluding hydrogens is 322 g/mol. The zero-order valence-electron chi connectivity index (χ0n) is 13.4. The Kier molecular flexibility index (Phi) is 4.78. The standard InChI is InChI=1S/C18H19N3O2S/c1-21-17(23)10-14(20-18(21)19)6-5-12-3-2-4-13(9-12)16-8-7-15(11-22)24-16/h2-4,7-10,22H,5-6,11H2,1H3,(H2,19,20). The third kappa shape index (κ3) is 3.55. The highest BCUT2D eigenvalue weighted by atomic mass is 32.1. The minimum Gasteiger partial charge on any atom is -0.391 e. The van der Waals surface area contributed by atoms with Crippen molar-refractivity contribution in [1.82, 2.24) is 9.55 Å². The number of nitrogen functional groups attached to an aromatic ring is 1. The van der Waals surface area contributed by atoms with Crippen molar-refractivity contribution in [3.05, 3.63) is 69.0 Å². The molecule has 5 nitrogen and oxygen atoms in total. The highest BCUT2D eigenvalue weighted by Crippen LogP contribution is 2.28. The zero-order chi connectivity index (χ0) is 17.1. The zero-order valence-corrected chi connectivity index (χ0v) is 14.2. The number of nitrogens with zero attached hydrogens (tertiary/aromatic N) is 2. The summed E-state index contributed by atoms with van der Waals surface area (Å²) in [5, 5.41) is 9.19. The van der Waals surface area contributed by atoms with Crippen LogP contribution in [0.2, 0.25) is 0 Å². The summed E-state index contributed by atoms with van der Waals surface area (Å²) in [4.78, 5) is 18.1. The second-order valence-electron chi connectivity index (χ2n) is 5.63. The molecule has 0 radical (unpaired) electrons. The summed E-state index contributed by atoms with van der Waals surface area (Å²) in [6, 6.07) is 13.8. The van der Waals surface area contributed by atoms with E-state index in [9.17, 15) is 9.90 Å². The Balaban J connectivity index is 1.76. The maximum absolute atomic E-state index is 11.8. The Labute approximate surface area is 144 Å². The molecule has 0 aliphatic heterocycles.